The van der Waals surface area contributed by atoms with Crippen LogP contribution in [0.4, 0.5) is 17.6 Å². The summed E-state index contributed by atoms with van der Waals surface area (Å²) in [4.78, 5) is 11.5. The van der Waals surface area contributed by atoms with E-state index >= 15 is 0 Å². The quantitative estimate of drug-likeness (QED) is 0.490. The van der Waals surface area contributed by atoms with Gasteiger partial charge in [0, 0.05) is 16.9 Å². The highest BCUT2D eigenvalue weighted by Crippen LogP contribution is 2.35. The Hall–Kier alpha value is -1.32. The molecule has 136 valence electrons. The van der Waals surface area contributed by atoms with Gasteiger partial charge in [-0.3, -0.25) is 4.79 Å². The minimum atomic E-state index is -4.88. The van der Waals surface area contributed by atoms with Crippen LogP contribution in [0.2, 0.25) is 0 Å². The van der Waals surface area contributed by atoms with Crippen molar-refractivity contribution in [2.75, 3.05) is 7.11 Å². The first-order valence-corrected chi connectivity index (χ1v) is 8.13. The first-order valence-electron chi connectivity index (χ1n) is 6.98. The van der Waals surface area contributed by atoms with E-state index in [9.17, 15) is 26.9 Å². The molecule has 1 rings (SSSR count). The maximum Gasteiger partial charge on any atom is 0.419 e. The molecule has 0 aliphatic rings. The SMILES string of the molecule is COC(=O)C[C@H](N[S+]([O-])C(C)(C)C)c1cccc(C(F)(F)F)c1F. The lowest BCUT2D eigenvalue weighted by molar-refractivity contribution is -0.141. The molecule has 0 amide bonds. The summed E-state index contributed by atoms with van der Waals surface area (Å²) in [6.07, 6.45) is -5.34. The van der Waals surface area contributed by atoms with Crippen molar-refractivity contribution in [3.05, 3.63) is 35.1 Å². The Bertz CT molecular complexity index is 587. The molecule has 0 radical (unpaired) electrons. The summed E-state index contributed by atoms with van der Waals surface area (Å²) >= 11 is -1.73. The number of hydrogen-bond acceptors (Lipinski definition) is 4. The second-order valence-electron chi connectivity index (χ2n) is 6.04. The van der Waals surface area contributed by atoms with Crippen LogP contribution in [0.25, 0.3) is 0 Å². The predicted octanol–water partition coefficient (Wildman–Crippen LogP) is 3.50. The van der Waals surface area contributed by atoms with Crippen molar-refractivity contribution in [3.63, 3.8) is 0 Å². The number of rotatable bonds is 5. The molecule has 0 aromatic heterocycles. The molecule has 0 spiro atoms. The zero-order chi connectivity index (χ0) is 18.7. The van der Waals surface area contributed by atoms with E-state index in [1.54, 1.807) is 20.8 Å². The Labute approximate surface area is 140 Å². The van der Waals surface area contributed by atoms with Gasteiger partial charge in [0.1, 0.15) is 10.6 Å². The van der Waals surface area contributed by atoms with Gasteiger partial charge in [-0.2, -0.15) is 13.2 Å². The van der Waals surface area contributed by atoms with Crippen molar-refractivity contribution >= 4 is 17.3 Å². The van der Waals surface area contributed by atoms with Crippen LogP contribution in [-0.4, -0.2) is 22.4 Å². The molecule has 1 aromatic rings. The van der Waals surface area contributed by atoms with Gasteiger partial charge in [-0.15, -0.1) is 4.72 Å². The Morgan fingerprint density at radius 3 is 2.38 bits per heavy atom. The smallest absolute Gasteiger partial charge is 0.419 e. The first kappa shape index (κ1) is 20.7. The molecule has 0 fully saturated rings. The maximum atomic E-state index is 14.3. The van der Waals surface area contributed by atoms with E-state index in [0.29, 0.717) is 6.07 Å². The molecule has 0 bridgehead atoms. The number of carbonyl (C=O) groups is 1. The summed E-state index contributed by atoms with van der Waals surface area (Å²) in [5.74, 6) is -2.27. The number of hydrogen-bond donors (Lipinski definition) is 1. The molecule has 2 atom stereocenters. The Balaban J connectivity index is 3.27. The lowest BCUT2D eigenvalue weighted by atomic mass is 10.0. The lowest BCUT2D eigenvalue weighted by Gasteiger charge is -2.28. The van der Waals surface area contributed by atoms with Crippen LogP contribution in [-0.2, 0) is 27.1 Å². The van der Waals surface area contributed by atoms with Crippen molar-refractivity contribution in [3.8, 4) is 0 Å². The zero-order valence-electron chi connectivity index (χ0n) is 13.7. The van der Waals surface area contributed by atoms with Gasteiger partial charge < -0.3 is 9.29 Å². The van der Waals surface area contributed by atoms with Crippen molar-refractivity contribution in [2.24, 2.45) is 0 Å². The third-order valence-corrected chi connectivity index (χ3v) is 4.72. The highest BCUT2D eigenvalue weighted by Gasteiger charge is 2.38. The molecule has 0 saturated heterocycles. The highest BCUT2D eigenvalue weighted by molar-refractivity contribution is 7.90. The van der Waals surface area contributed by atoms with E-state index in [2.05, 4.69) is 9.46 Å². The van der Waals surface area contributed by atoms with E-state index in [-0.39, 0.29) is 0 Å². The third-order valence-electron chi connectivity index (χ3n) is 3.11. The summed E-state index contributed by atoms with van der Waals surface area (Å²) in [5.41, 5.74) is -1.84. The number of halogens is 4. The molecule has 24 heavy (non-hydrogen) atoms. The summed E-state index contributed by atoms with van der Waals surface area (Å²) in [7, 11) is 1.10. The van der Waals surface area contributed by atoms with Gasteiger partial charge >= 0.3 is 12.1 Å². The third kappa shape index (κ3) is 5.35. The maximum absolute atomic E-state index is 14.3. The molecule has 0 saturated carbocycles. The normalized spacial score (nSPS) is 15.0. The number of alkyl halides is 3. The van der Waals surface area contributed by atoms with Crippen LogP contribution in [0, 0.1) is 5.82 Å². The number of ether oxygens (including phenoxy) is 1. The molecule has 1 unspecified atom stereocenters. The second kappa shape index (κ2) is 7.71. The largest absolute Gasteiger partial charge is 0.598 e. The van der Waals surface area contributed by atoms with E-state index in [1.165, 1.54) is 0 Å². The van der Waals surface area contributed by atoms with Gasteiger partial charge in [0.05, 0.1) is 25.1 Å². The van der Waals surface area contributed by atoms with Crippen LogP contribution in [0.3, 0.4) is 0 Å². The minimum absolute atomic E-state index is 0.396. The number of nitrogens with one attached hydrogen (secondary N) is 1. The molecule has 1 aromatic carbocycles. The first-order chi connectivity index (χ1) is 10.9. The average Bonchev–Trinajstić information content (AvgIpc) is 2.44. The van der Waals surface area contributed by atoms with Crippen LogP contribution >= 0.6 is 0 Å². The number of carbonyl (C=O) groups excluding carboxylic acids is 1. The van der Waals surface area contributed by atoms with Crippen LogP contribution in [0.15, 0.2) is 18.2 Å². The molecular weight excluding hydrogens is 350 g/mol. The summed E-state index contributed by atoms with van der Waals surface area (Å²) in [6.45, 7) is 4.90. The Kier molecular flexibility index (Phi) is 6.66. The highest BCUT2D eigenvalue weighted by atomic mass is 32.2. The van der Waals surface area contributed by atoms with E-state index < -0.39 is 57.7 Å². The molecule has 0 aliphatic heterocycles. The van der Waals surface area contributed by atoms with Crippen molar-refractivity contribution in [2.45, 2.75) is 44.2 Å². The van der Waals surface area contributed by atoms with Gasteiger partial charge in [0.15, 0.2) is 0 Å². The topological polar surface area (TPSA) is 61.4 Å². The van der Waals surface area contributed by atoms with E-state index in [1.807, 2.05) is 0 Å². The van der Waals surface area contributed by atoms with E-state index in [4.69, 9.17) is 0 Å². The number of methoxy groups -OCH3 is 1. The monoisotopic (exact) mass is 369 g/mol. The molecular formula is C15H19F4NO3S. The van der Waals surface area contributed by atoms with Gasteiger partial charge in [0.2, 0.25) is 0 Å². The molecule has 1 N–H and O–H groups in total. The Morgan fingerprint density at radius 1 is 1.33 bits per heavy atom. The fourth-order valence-electron chi connectivity index (χ4n) is 1.81. The van der Waals surface area contributed by atoms with Crippen molar-refractivity contribution in [1.29, 1.82) is 0 Å². The van der Waals surface area contributed by atoms with Gasteiger partial charge in [-0.05, 0) is 26.8 Å². The average molecular weight is 369 g/mol. The minimum Gasteiger partial charge on any atom is -0.598 e. The standard InChI is InChI=1S/C15H19F4NO3S/c1-14(2,3)24(22)20-11(8-12(21)23-4)9-6-5-7-10(13(9)16)15(17,18)19/h5-7,11,20H,8H2,1-4H3/t11-,24?/m0/s1. The van der Waals surface area contributed by atoms with Gasteiger partial charge in [-0.25, -0.2) is 4.39 Å². The molecule has 9 heteroatoms. The van der Waals surface area contributed by atoms with Crippen LogP contribution in [0.1, 0.15) is 44.4 Å². The molecule has 0 aliphatic carbocycles. The van der Waals surface area contributed by atoms with Crippen molar-refractivity contribution in [1.82, 2.24) is 4.72 Å². The fourth-order valence-corrected chi connectivity index (χ4v) is 2.63. The molecule has 4 nitrogen and oxygen atoms in total. The zero-order valence-corrected chi connectivity index (χ0v) is 14.5. The Morgan fingerprint density at radius 2 is 1.92 bits per heavy atom. The summed E-state index contributed by atoms with van der Waals surface area (Å²) in [6, 6.07) is 1.53. The van der Waals surface area contributed by atoms with Gasteiger partial charge in [0.25, 0.3) is 0 Å². The molecule has 0 heterocycles. The second-order valence-corrected chi connectivity index (χ2v) is 8.04. The van der Waals surface area contributed by atoms with Gasteiger partial charge in [-0.1, -0.05) is 12.1 Å². The predicted molar refractivity (Wildman–Crippen MR) is 81.8 cm³/mol. The summed E-state index contributed by atoms with van der Waals surface area (Å²) in [5, 5.41) is 0. The lowest BCUT2D eigenvalue weighted by Crippen LogP contribution is -2.42. The van der Waals surface area contributed by atoms with Crippen LogP contribution in [0.5, 0.6) is 0 Å². The van der Waals surface area contributed by atoms with Crippen molar-refractivity contribution < 1.29 is 31.6 Å². The fraction of sp³-hybridized carbons (Fsp3) is 0.533. The number of esters is 1. The summed E-state index contributed by atoms with van der Waals surface area (Å²) < 4.78 is 71.4. The van der Waals surface area contributed by atoms with Crippen LogP contribution < -0.4 is 4.72 Å². The number of benzene rings is 1. The van der Waals surface area contributed by atoms with E-state index in [0.717, 1.165) is 19.2 Å².